The fourth-order valence-electron chi connectivity index (χ4n) is 4.18. The number of aryl methyl sites for hydroxylation is 1. The SMILES string of the molecule is Cc1ccc(N(C2CCN(Cc3ccccc3O)CC2)S(=O)(=O)c2ccc(F)cc2)cc1F. The van der Waals surface area contributed by atoms with Gasteiger partial charge in [0.25, 0.3) is 10.0 Å². The molecule has 3 aromatic carbocycles. The summed E-state index contributed by atoms with van der Waals surface area (Å²) in [4.78, 5) is 2.12. The number of nitrogens with zero attached hydrogens (tertiary/aromatic N) is 2. The zero-order valence-electron chi connectivity index (χ0n) is 18.3. The van der Waals surface area contributed by atoms with Crippen LogP contribution in [0.15, 0.2) is 71.6 Å². The number of benzene rings is 3. The smallest absolute Gasteiger partial charge is 0.264 e. The highest BCUT2D eigenvalue weighted by atomic mass is 32.2. The van der Waals surface area contributed by atoms with E-state index in [1.807, 2.05) is 12.1 Å². The van der Waals surface area contributed by atoms with Gasteiger partial charge in [0.1, 0.15) is 17.4 Å². The average Bonchev–Trinajstić information content (AvgIpc) is 2.79. The van der Waals surface area contributed by atoms with Crippen LogP contribution in [-0.2, 0) is 16.6 Å². The molecule has 174 valence electrons. The van der Waals surface area contributed by atoms with Crippen LogP contribution in [0, 0.1) is 18.6 Å². The van der Waals surface area contributed by atoms with Crippen LogP contribution in [0.4, 0.5) is 14.5 Å². The van der Waals surface area contributed by atoms with Crippen LogP contribution in [0.3, 0.4) is 0 Å². The molecule has 1 N–H and O–H groups in total. The van der Waals surface area contributed by atoms with Crippen molar-refractivity contribution >= 4 is 15.7 Å². The van der Waals surface area contributed by atoms with Gasteiger partial charge in [0, 0.05) is 31.2 Å². The summed E-state index contributed by atoms with van der Waals surface area (Å²) in [7, 11) is -4.04. The lowest BCUT2D eigenvalue weighted by molar-refractivity contribution is 0.204. The molecule has 5 nitrogen and oxygen atoms in total. The van der Waals surface area contributed by atoms with Crippen molar-refractivity contribution in [1.29, 1.82) is 0 Å². The monoisotopic (exact) mass is 472 g/mol. The van der Waals surface area contributed by atoms with Crippen molar-refractivity contribution in [1.82, 2.24) is 4.90 Å². The lowest BCUT2D eigenvalue weighted by Gasteiger charge is -2.39. The zero-order valence-corrected chi connectivity index (χ0v) is 19.1. The first-order chi connectivity index (χ1) is 15.8. The number of aromatic hydroxyl groups is 1. The Bertz CT molecular complexity index is 1220. The Labute approximate surface area is 193 Å². The minimum absolute atomic E-state index is 0.0403. The van der Waals surface area contributed by atoms with Crippen molar-refractivity contribution in [2.24, 2.45) is 0 Å². The predicted octanol–water partition coefficient (Wildman–Crippen LogP) is 4.84. The summed E-state index contributed by atoms with van der Waals surface area (Å²) < 4.78 is 56.3. The minimum atomic E-state index is -4.04. The number of hydrogen-bond acceptors (Lipinski definition) is 4. The van der Waals surface area contributed by atoms with Crippen LogP contribution in [0.1, 0.15) is 24.0 Å². The molecule has 0 unspecified atom stereocenters. The van der Waals surface area contributed by atoms with Gasteiger partial charge in [-0.1, -0.05) is 24.3 Å². The number of likely N-dealkylation sites (tertiary alicyclic amines) is 1. The third-order valence-corrected chi connectivity index (χ3v) is 7.95. The number of anilines is 1. The van der Waals surface area contributed by atoms with Crippen LogP contribution in [0.25, 0.3) is 0 Å². The molecule has 1 fully saturated rings. The van der Waals surface area contributed by atoms with Crippen molar-refractivity contribution < 1.29 is 22.3 Å². The summed E-state index contributed by atoms with van der Waals surface area (Å²) in [5.41, 5.74) is 1.49. The molecule has 0 amide bonds. The van der Waals surface area contributed by atoms with Gasteiger partial charge in [-0.25, -0.2) is 17.2 Å². The molecular formula is C25H26F2N2O3S. The molecule has 8 heteroatoms. The summed E-state index contributed by atoms with van der Waals surface area (Å²) in [6, 6.07) is 15.8. The van der Waals surface area contributed by atoms with E-state index in [1.165, 1.54) is 22.5 Å². The van der Waals surface area contributed by atoms with Crippen LogP contribution in [0.2, 0.25) is 0 Å². The Balaban J connectivity index is 1.61. The lowest BCUT2D eigenvalue weighted by Crippen LogP contribution is -2.47. The van der Waals surface area contributed by atoms with Gasteiger partial charge < -0.3 is 5.11 Å². The Morgan fingerprint density at radius 1 is 1.00 bits per heavy atom. The quantitative estimate of drug-likeness (QED) is 0.558. The van der Waals surface area contributed by atoms with E-state index in [-0.39, 0.29) is 22.4 Å². The van der Waals surface area contributed by atoms with E-state index in [2.05, 4.69) is 4.90 Å². The molecule has 3 aromatic rings. The molecule has 1 aliphatic rings. The third-order valence-electron chi connectivity index (χ3n) is 6.05. The first kappa shape index (κ1) is 23.2. The van der Waals surface area contributed by atoms with Gasteiger partial charge in [-0.3, -0.25) is 9.21 Å². The van der Waals surface area contributed by atoms with E-state index >= 15 is 0 Å². The highest BCUT2D eigenvalue weighted by molar-refractivity contribution is 7.92. The number of phenolic OH excluding ortho intramolecular Hbond substituents is 1. The van der Waals surface area contributed by atoms with Crippen molar-refractivity contribution in [2.45, 2.75) is 37.2 Å². The summed E-state index contributed by atoms with van der Waals surface area (Å²) in [6.07, 6.45) is 1.06. The molecule has 1 heterocycles. The largest absolute Gasteiger partial charge is 0.508 e. The van der Waals surface area contributed by atoms with E-state index in [9.17, 15) is 22.3 Å². The fourth-order valence-corrected chi connectivity index (χ4v) is 5.88. The van der Waals surface area contributed by atoms with Crippen LogP contribution in [-0.4, -0.2) is 37.6 Å². The number of hydrogen-bond donors (Lipinski definition) is 1. The Morgan fingerprint density at radius 2 is 1.67 bits per heavy atom. The summed E-state index contributed by atoms with van der Waals surface area (Å²) in [5, 5.41) is 10.1. The van der Waals surface area contributed by atoms with Gasteiger partial charge in [-0.05, 0) is 67.8 Å². The van der Waals surface area contributed by atoms with Crippen molar-refractivity contribution in [3.63, 3.8) is 0 Å². The summed E-state index contributed by atoms with van der Waals surface area (Å²) in [6.45, 7) is 3.41. The third kappa shape index (κ3) is 5.02. The number of phenols is 1. The maximum atomic E-state index is 14.4. The van der Waals surface area contributed by atoms with Crippen LogP contribution >= 0.6 is 0 Å². The molecule has 4 rings (SSSR count). The first-order valence-corrected chi connectivity index (χ1v) is 12.2. The normalized spacial score (nSPS) is 15.5. The topological polar surface area (TPSA) is 60.9 Å². The van der Waals surface area contributed by atoms with E-state index in [1.54, 1.807) is 31.2 Å². The van der Waals surface area contributed by atoms with E-state index in [0.717, 1.165) is 17.7 Å². The molecular weight excluding hydrogens is 446 g/mol. The molecule has 0 spiro atoms. The van der Waals surface area contributed by atoms with Crippen molar-refractivity contribution in [2.75, 3.05) is 17.4 Å². The van der Waals surface area contributed by atoms with Gasteiger partial charge in [0.15, 0.2) is 0 Å². The number of piperidine rings is 1. The first-order valence-electron chi connectivity index (χ1n) is 10.8. The number of rotatable bonds is 6. The maximum absolute atomic E-state index is 14.4. The average molecular weight is 473 g/mol. The van der Waals surface area contributed by atoms with Gasteiger partial charge in [0.2, 0.25) is 0 Å². The fraction of sp³-hybridized carbons (Fsp3) is 0.280. The second-order valence-corrected chi connectivity index (χ2v) is 10.1. The maximum Gasteiger partial charge on any atom is 0.264 e. The zero-order chi connectivity index (χ0) is 23.6. The minimum Gasteiger partial charge on any atom is -0.508 e. The van der Waals surface area contributed by atoms with Gasteiger partial charge in [-0.15, -0.1) is 0 Å². The Hall–Kier alpha value is -2.97. The van der Waals surface area contributed by atoms with E-state index in [4.69, 9.17) is 0 Å². The van der Waals surface area contributed by atoms with E-state index in [0.29, 0.717) is 38.0 Å². The Kier molecular flexibility index (Phi) is 6.67. The van der Waals surface area contributed by atoms with Gasteiger partial charge in [-0.2, -0.15) is 0 Å². The number of halogens is 2. The molecule has 0 saturated carbocycles. The highest BCUT2D eigenvalue weighted by Gasteiger charge is 2.34. The summed E-state index contributed by atoms with van der Waals surface area (Å²) in [5.74, 6) is -0.779. The molecule has 0 bridgehead atoms. The Morgan fingerprint density at radius 3 is 2.30 bits per heavy atom. The number of para-hydroxylation sites is 1. The highest BCUT2D eigenvalue weighted by Crippen LogP contribution is 2.32. The molecule has 1 aliphatic heterocycles. The second kappa shape index (κ2) is 9.49. The molecule has 1 saturated heterocycles. The molecule has 0 atom stereocenters. The number of sulfonamides is 1. The van der Waals surface area contributed by atoms with Crippen molar-refractivity contribution in [3.8, 4) is 5.75 Å². The van der Waals surface area contributed by atoms with Crippen LogP contribution in [0.5, 0.6) is 5.75 Å². The standard InChI is InChI=1S/C25H26F2N2O3S/c1-18-6-9-22(16-24(18)27)29(33(31,32)23-10-7-20(26)8-11-23)21-12-14-28(15-13-21)17-19-4-2-3-5-25(19)30/h2-11,16,21,30H,12-15,17H2,1H3. The molecule has 0 aliphatic carbocycles. The van der Waals surface area contributed by atoms with Gasteiger partial charge in [0.05, 0.1) is 10.6 Å². The predicted molar refractivity (Wildman–Crippen MR) is 124 cm³/mol. The molecule has 0 aromatic heterocycles. The second-order valence-electron chi connectivity index (χ2n) is 8.32. The lowest BCUT2D eigenvalue weighted by atomic mass is 10.0. The molecule has 0 radical (unpaired) electrons. The van der Waals surface area contributed by atoms with Crippen molar-refractivity contribution in [3.05, 3.63) is 89.5 Å². The van der Waals surface area contributed by atoms with E-state index < -0.39 is 21.7 Å². The van der Waals surface area contributed by atoms with Crippen LogP contribution < -0.4 is 4.31 Å². The summed E-state index contributed by atoms with van der Waals surface area (Å²) >= 11 is 0. The molecule has 33 heavy (non-hydrogen) atoms. The van der Waals surface area contributed by atoms with Gasteiger partial charge >= 0.3 is 0 Å².